The molecule has 2 amide bonds. The molecule has 200 valence electrons. The van der Waals surface area contributed by atoms with Gasteiger partial charge in [0.2, 0.25) is 11.8 Å². The van der Waals surface area contributed by atoms with Crippen LogP contribution in [0.4, 0.5) is 10.1 Å². The molecular weight excluding hydrogens is 471 g/mol. The van der Waals surface area contributed by atoms with E-state index in [0.29, 0.717) is 11.3 Å². The lowest BCUT2D eigenvalue weighted by Crippen LogP contribution is -2.47. The van der Waals surface area contributed by atoms with Crippen LogP contribution >= 0.6 is 0 Å². The van der Waals surface area contributed by atoms with Crippen molar-refractivity contribution in [2.75, 3.05) is 4.90 Å². The quantitative estimate of drug-likeness (QED) is 0.410. The number of amides is 2. The van der Waals surface area contributed by atoms with Gasteiger partial charge in [-0.15, -0.1) is 0 Å². The monoisotopic (exact) mass is 510 g/mol. The van der Waals surface area contributed by atoms with Crippen molar-refractivity contribution in [3.05, 3.63) is 65.5 Å². The average Bonchev–Trinajstić information content (AvgIpc) is 2.82. The summed E-state index contributed by atoms with van der Waals surface area (Å²) in [6, 6.07) is 12.2. The summed E-state index contributed by atoms with van der Waals surface area (Å²) in [7, 11) is 0. The molecule has 7 heteroatoms. The number of esters is 1. The molecule has 1 unspecified atom stereocenters. The van der Waals surface area contributed by atoms with Crippen molar-refractivity contribution in [2.45, 2.75) is 96.7 Å². The zero-order valence-electron chi connectivity index (χ0n) is 22.4. The third-order valence-corrected chi connectivity index (χ3v) is 6.49. The number of ether oxygens (including phenoxy) is 1. The molecule has 2 aromatic carbocycles. The van der Waals surface area contributed by atoms with Crippen LogP contribution in [0.5, 0.6) is 0 Å². The predicted molar refractivity (Wildman–Crippen MR) is 143 cm³/mol. The van der Waals surface area contributed by atoms with Crippen LogP contribution in [-0.2, 0) is 19.1 Å². The van der Waals surface area contributed by atoms with E-state index in [1.54, 1.807) is 26.8 Å². The summed E-state index contributed by atoms with van der Waals surface area (Å²) in [5.41, 5.74) is 1.23. The van der Waals surface area contributed by atoms with E-state index in [2.05, 4.69) is 5.32 Å². The Balaban J connectivity index is 1.93. The second kappa shape index (κ2) is 12.8. The molecule has 2 aromatic rings. The molecule has 1 aliphatic carbocycles. The Morgan fingerprint density at radius 1 is 1.03 bits per heavy atom. The Hall–Kier alpha value is -3.22. The Kier molecular flexibility index (Phi) is 9.84. The molecule has 0 aromatic heterocycles. The van der Waals surface area contributed by atoms with Gasteiger partial charge in [-0.3, -0.25) is 19.3 Å². The van der Waals surface area contributed by atoms with Gasteiger partial charge in [-0.2, -0.15) is 0 Å². The molecule has 1 saturated carbocycles. The maximum absolute atomic E-state index is 14.3. The van der Waals surface area contributed by atoms with Gasteiger partial charge in [-0.05, 0) is 76.3 Å². The summed E-state index contributed by atoms with van der Waals surface area (Å²) in [5, 5.41) is 3.16. The van der Waals surface area contributed by atoms with Gasteiger partial charge in [0.05, 0.1) is 0 Å². The summed E-state index contributed by atoms with van der Waals surface area (Å²) in [6.45, 7) is 7.27. The number of hydrogen-bond acceptors (Lipinski definition) is 4. The van der Waals surface area contributed by atoms with Crippen molar-refractivity contribution in [3.8, 4) is 0 Å². The summed E-state index contributed by atoms with van der Waals surface area (Å²) in [5.74, 6) is -1.53. The minimum Gasteiger partial charge on any atom is -0.460 e. The van der Waals surface area contributed by atoms with Crippen LogP contribution in [-0.4, -0.2) is 29.4 Å². The zero-order valence-corrected chi connectivity index (χ0v) is 22.4. The fourth-order valence-corrected chi connectivity index (χ4v) is 4.78. The minimum absolute atomic E-state index is 0.00878. The van der Waals surface area contributed by atoms with E-state index >= 15 is 0 Å². The van der Waals surface area contributed by atoms with Gasteiger partial charge in [0, 0.05) is 24.6 Å². The standard InChI is InChI=1S/C30H39FN2O4/c1-21-12-8-9-17-25(21)28(29(36)32-23-14-6-5-7-15-23)33(24-16-10-13-22(31)20-24)26(34)18-11-19-27(35)37-30(2,3)4/h8-10,12-13,16-17,20,23,28H,5-7,11,14-15,18-19H2,1-4H3,(H,32,36). The van der Waals surface area contributed by atoms with E-state index in [1.807, 2.05) is 31.2 Å². The Labute approximate surface area is 219 Å². The highest BCUT2D eigenvalue weighted by Gasteiger charge is 2.35. The van der Waals surface area contributed by atoms with Gasteiger partial charge in [0.1, 0.15) is 17.5 Å². The molecule has 1 atom stereocenters. The number of anilines is 1. The van der Waals surface area contributed by atoms with Crippen molar-refractivity contribution in [1.29, 1.82) is 0 Å². The van der Waals surface area contributed by atoms with Crippen molar-refractivity contribution in [3.63, 3.8) is 0 Å². The fourth-order valence-electron chi connectivity index (χ4n) is 4.78. The maximum atomic E-state index is 14.3. The number of hydrogen-bond donors (Lipinski definition) is 1. The predicted octanol–water partition coefficient (Wildman–Crippen LogP) is 6.17. The molecule has 37 heavy (non-hydrogen) atoms. The van der Waals surface area contributed by atoms with Crippen LogP contribution in [0, 0.1) is 12.7 Å². The molecule has 0 radical (unpaired) electrons. The average molecular weight is 511 g/mol. The topological polar surface area (TPSA) is 75.7 Å². The summed E-state index contributed by atoms with van der Waals surface area (Å²) >= 11 is 0. The van der Waals surface area contributed by atoms with Gasteiger partial charge in [-0.1, -0.05) is 49.6 Å². The molecule has 6 nitrogen and oxygen atoms in total. The van der Waals surface area contributed by atoms with Crippen LogP contribution in [0.2, 0.25) is 0 Å². The van der Waals surface area contributed by atoms with Gasteiger partial charge in [0.15, 0.2) is 0 Å². The SMILES string of the molecule is Cc1ccccc1C(C(=O)NC1CCCCC1)N(C(=O)CCCC(=O)OC(C)(C)C)c1cccc(F)c1. The van der Waals surface area contributed by atoms with E-state index in [4.69, 9.17) is 4.74 Å². The van der Waals surface area contributed by atoms with E-state index in [0.717, 1.165) is 37.7 Å². The first-order chi connectivity index (χ1) is 17.5. The third-order valence-electron chi connectivity index (χ3n) is 6.49. The first kappa shape index (κ1) is 28.4. The number of nitrogens with zero attached hydrogens (tertiary/aromatic N) is 1. The number of aryl methyl sites for hydroxylation is 1. The summed E-state index contributed by atoms with van der Waals surface area (Å²) in [6.07, 6.45) is 5.39. The van der Waals surface area contributed by atoms with Crippen LogP contribution in [0.25, 0.3) is 0 Å². The van der Waals surface area contributed by atoms with Gasteiger partial charge in [-0.25, -0.2) is 4.39 Å². The van der Waals surface area contributed by atoms with Crippen LogP contribution in [0.15, 0.2) is 48.5 Å². The molecule has 3 rings (SSSR count). The second-order valence-electron chi connectivity index (χ2n) is 10.8. The van der Waals surface area contributed by atoms with Gasteiger partial charge >= 0.3 is 5.97 Å². The highest BCUT2D eigenvalue weighted by atomic mass is 19.1. The number of carbonyl (C=O) groups is 3. The number of halogens is 1. The van der Waals surface area contributed by atoms with E-state index in [-0.39, 0.29) is 43.1 Å². The van der Waals surface area contributed by atoms with Crippen molar-refractivity contribution in [1.82, 2.24) is 5.32 Å². The number of carbonyl (C=O) groups excluding carboxylic acids is 3. The van der Waals surface area contributed by atoms with Crippen LogP contribution in [0.3, 0.4) is 0 Å². The largest absolute Gasteiger partial charge is 0.460 e. The molecule has 0 saturated heterocycles. The Morgan fingerprint density at radius 2 is 1.73 bits per heavy atom. The van der Waals surface area contributed by atoms with E-state index in [9.17, 15) is 18.8 Å². The zero-order chi connectivity index (χ0) is 27.0. The van der Waals surface area contributed by atoms with Gasteiger partial charge in [0.25, 0.3) is 0 Å². The lowest BCUT2D eigenvalue weighted by Gasteiger charge is -2.34. The lowest BCUT2D eigenvalue weighted by molar-refractivity contribution is -0.154. The molecule has 0 heterocycles. The van der Waals surface area contributed by atoms with Crippen molar-refractivity contribution < 1.29 is 23.5 Å². The molecular formula is C30H39FN2O4. The van der Waals surface area contributed by atoms with E-state index < -0.39 is 17.5 Å². The summed E-state index contributed by atoms with van der Waals surface area (Å²) < 4.78 is 19.7. The molecule has 1 fully saturated rings. The highest BCUT2D eigenvalue weighted by Crippen LogP contribution is 2.32. The van der Waals surface area contributed by atoms with Crippen LogP contribution < -0.4 is 10.2 Å². The minimum atomic E-state index is -0.973. The van der Waals surface area contributed by atoms with Crippen LogP contribution in [0.1, 0.15) is 89.3 Å². The van der Waals surface area contributed by atoms with Crippen molar-refractivity contribution >= 4 is 23.5 Å². The molecule has 1 N–H and O–H groups in total. The Bertz CT molecular complexity index is 1090. The normalized spacial score (nSPS) is 15.1. The molecule has 0 bridgehead atoms. The number of nitrogens with one attached hydrogen (secondary N) is 1. The smallest absolute Gasteiger partial charge is 0.306 e. The fraction of sp³-hybridized carbons (Fsp3) is 0.500. The molecule has 0 aliphatic heterocycles. The van der Waals surface area contributed by atoms with E-state index in [1.165, 1.54) is 23.1 Å². The molecule has 0 spiro atoms. The second-order valence-corrected chi connectivity index (χ2v) is 10.8. The lowest BCUT2D eigenvalue weighted by atomic mass is 9.93. The third kappa shape index (κ3) is 8.41. The maximum Gasteiger partial charge on any atom is 0.306 e. The molecule has 1 aliphatic rings. The summed E-state index contributed by atoms with van der Waals surface area (Å²) in [4.78, 5) is 41.1. The van der Waals surface area contributed by atoms with Crippen molar-refractivity contribution in [2.24, 2.45) is 0 Å². The highest BCUT2D eigenvalue weighted by molar-refractivity contribution is 6.01. The number of benzene rings is 2. The number of rotatable bonds is 9. The Morgan fingerprint density at radius 3 is 2.38 bits per heavy atom. The first-order valence-corrected chi connectivity index (χ1v) is 13.2. The van der Waals surface area contributed by atoms with Gasteiger partial charge < -0.3 is 10.1 Å². The first-order valence-electron chi connectivity index (χ1n) is 13.2.